The minimum Gasteiger partial charge on any atom is -0.481 e. The molecule has 1 aromatic heterocycles. The van der Waals surface area contributed by atoms with Crippen molar-refractivity contribution in [3.05, 3.63) is 23.9 Å². The third kappa shape index (κ3) is 2.31. The minimum atomic E-state index is 0.413. The maximum atomic E-state index is 10.7. The number of nitrogens with zero attached hydrogens (tertiary/aromatic N) is 2. The van der Waals surface area contributed by atoms with E-state index in [4.69, 9.17) is 4.74 Å². The molecule has 1 spiro atoms. The first-order valence-corrected chi connectivity index (χ1v) is 6.95. The number of carbonyl (C=O) groups is 1. The van der Waals surface area contributed by atoms with Crippen LogP contribution in [0.2, 0.25) is 0 Å². The largest absolute Gasteiger partial charge is 0.481 e. The van der Waals surface area contributed by atoms with Crippen molar-refractivity contribution in [2.75, 3.05) is 20.2 Å². The molecular formula is C15H20N2O2. The lowest BCUT2D eigenvalue weighted by Gasteiger charge is -2.52. The van der Waals surface area contributed by atoms with Crippen molar-refractivity contribution in [2.45, 2.75) is 31.6 Å². The molecule has 0 aromatic carbocycles. The molecule has 0 unspecified atom stereocenters. The normalized spacial score (nSPS) is 22.1. The third-order valence-corrected chi connectivity index (χ3v) is 4.64. The van der Waals surface area contributed by atoms with Crippen LogP contribution >= 0.6 is 0 Å². The van der Waals surface area contributed by atoms with E-state index in [2.05, 4.69) is 11.1 Å². The van der Waals surface area contributed by atoms with Crippen LogP contribution in [0.3, 0.4) is 0 Å². The zero-order valence-electron chi connectivity index (χ0n) is 11.3. The topological polar surface area (TPSA) is 42.4 Å². The van der Waals surface area contributed by atoms with E-state index in [0.717, 1.165) is 25.2 Å². The third-order valence-electron chi connectivity index (χ3n) is 4.64. The second-order valence-corrected chi connectivity index (χ2v) is 5.89. The molecule has 2 fully saturated rings. The lowest BCUT2D eigenvalue weighted by atomic mass is 9.65. The Kier molecular flexibility index (Phi) is 3.17. The first-order valence-electron chi connectivity index (χ1n) is 6.95. The van der Waals surface area contributed by atoms with E-state index in [1.807, 2.05) is 17.0 Å². The molecule has 1 amide bonds. The van der Waals surface area contributed by atoms with Crippen LogP contribution in [0.1, 0.15) is 37.3 Å². The summed E-state index contributed by atoms with van der Waals surface area (Å²) >= 11 is 0. The Balaban J connectivity index is 1.62. The number of carbonyl (C=O) groups excluding carboxylic acids is 1. The number of aromatic nitrogens is 1. The van der Waals surface area contributed by atoms with Crippen LogP contribution in [0.25, 0.3) is 0 Å². The number of pyridine rings is 1. The van der Waals surface area contributed by atoms with Gasteiger partial charge >= 0.3 is 0 Å². The standard InChI is InChI=1S/C15H20N2O2/c1-19-14-4-2-3-13(16-14)12-5-7-15(8-6-12)9-17(10-15)11-18/h2-4,11-12H,5-10H2,1H3. The van der Waals surface area contributed by atoms with Gasteiger partial charge < -0.3 is 9.64 Å². The molecule has 19 heavy (non-hydrogen) atoms. The smallest absolute Gasteiger partial charge is 0.213 e. The molecule has 4 nitrogen and oxygen atoms in total. The van der Waals surface area contributed by atoms with Crippen LogP contribution in [0, 0.1) is 5.41 Å². The van der Waals surface area contributed by atoms with Gasteiger partial charge in [0.2, 0.25) is 12.3 Å². The lowest BCUT2D eigenvalue weighted by molar-refractivity contribution is -0.131. The number of amides is 1. The summed E-state index contributed by atoms with van der Waals surface area (Å²) in [7, 11) is 1.66. The Hall–Kier alpha value is -1.58. The molecule has 1 saturated heterocycles. The van der Waals surface area contributed by atoms with Gasteiger partial charge in [-0.1, -0.05) is 6.07 Å². The number of methoxy groups -OCH3 is 1. The highest BCUT2D eigenvalue weighted by Gasteiger charge is 2.44. The zero-order valence-corrected chi connectivity index (χ0v) is 11.3. The number of ether oxygens (including phenoxy) is 1. The Morgan fingerprint density at radius 1 is 1.37 bits per heavy atom. The molecule has 102 valence electrons. The fourth-order valence-corrected chi connectivity index (χ4v) is 3.50. The van der Waals surface area contributed by atoms with Gasteiger partial charge in [-0.3, -0.25) is 4.79 Å². The van der Waals surface area contributed by atoms with Gasteiger partial charge in [-0.15, -0.1) is 0 Å². The predicted octanol–water partition coefficient (Wildman–Crippen LogP) is 2.21. The first-order chi connectivity index (χ1) is 9.24. The molecule has 0 bridgehead atoms. The predicted molar refractivity (Wildman–Crippen MR) is 72.1 cm³/mol. The Morgan fingerprint density at radius 3 is 2.74 bits per heavy atom. The summed E-state index contributed by atoms with van der Waals surface area (Å²) in [6.45, 7) is 1.91. The average molecular weight is 260 g/mol. The summed E-state index contributed by atoms with van der Waals surface area (Å²) in [4.78, 5) is 17.1. The van der Waals surface area contributed by atoms with E-state index in [1.54, 1.807) is 7.11 Å². The molecule has 1 aliphatic carbocycles. The summed E-state index contributed by atoms with van der Waals surface area (Å²) in [5.74, 6) is 1.25. The zero-order chi connectivity index (χ0) is 13.3. The van der Waals surface area contributed by atoms with Crippen molar-refractivity contribution in [3.63, 3.8) is 0 Å². The molecule has 1 aromatic rings. The Bertz CT molecular complexity index is 459. The van der Waals surface area contributed by atoms with Gasteiger partial charge in [-0.05, 0) is 31.7 Å². The first kappa shape index (κ1) is 12.5. The van der Waals surface area contributed by atoms with E-state index in [1.165, 1.54) is 25.7 Å². The second kappa shape index (κ2) is 4.83. The minimum absolute atomic E-state index is 0.413. The Morgan fingerprint density at radius 2 is 2.11 bits per heavy atom. The van der Waals surface area contributed by atoms with Gasteiger partial charge in [0.05, 0.1) is 7.11 Å². The van der Waals surface area contributed by atoms with Crippen LogP contribution in [0.5, 0.6) is 5.88 Å². The number of hydrogen-bond acceptors (Lipinski definition) is 3. The van der Waals surface area contributed by atoms with Crippen molar-refractivity contribution in [1.82, 2.24) is 9.88 Å². The summed E-state index contributed by atoms with van der Waals surface area (Å²) in [5.41, 5.74) is 1.57. The van der Waals surface area contributed by atoms with Gasteiger partial charge in [-0.25, -0.2) is 4.98 Å². The van der Waals surface area contributed by atoms with Gasteiger partial charge in [0.1, 0.15) is 0 Å². The molecule has 0 radical (unpaired) electrons. The van der Waals surface area contributed by atoms with E-state index in [9.17, 15) is 4.79 Å². The van der Waals surface area contributed by atoms with E-state index < -0.39 is 0 Å². The van der Waals surface area contributed by atoms with Crippen molar-refractivity contribution < 1.29 is 9.53 Å². The van der Waals surface area contributed by atoms with Gasteiger partial charge in [-0.2, -0.15) is 0 Å². The van der Waals surface area contributed by atoms with Crippen LogP contribution in [-0.2, 0) is 4.79 Å². The Labute approximate surface area is 113 Å². The average Bonchev–Trinajstić information content (AvgIpc) is 2.45. The second-order valence-electron chi connectivity index (χ2n) is 5.89. The fourth-order valence-electron chi connectivity index (χ4n) is 3.50. The SMILES string of the molecule is COc1cccc(C2CCC3(CC2)CN(C=O)C3)n1. The molecule has 1 aliphatic heterocycles. The van der Waals surface area contributed by atoms with Crippen molar-refractivity contribution in [3.8, 4) is 5.88 Å². The molecule has 2 aliphatic rings. The molecule has 3 rings (SSSR count). The van der Waals surface area contributed by atoms with Crippen LogP contribution in [0.15, 0.2) is 18.2 Å². The molecule has 0 N–H and O–H groups in total. The highest BCUT2D eigenvalue weighted by atomic mass is 16.5. The van der Waals surface area contributed by atoms with Gasteiger partial charge in [0.25, 0.3) is 0 Å². The number of rotatable bonds is 3. The molecule has 0 atom stereocenters. The summed E-state index contributed by atoms with van der Waals surface area (Å²) in [5, 5.41) is 0. The van der Waals surface area contributed by atoms with E-state index >= 15 is 0 Å². The monoisotopic (exact) mass is 260 g/mol. The fraction of sp³-hybridized carbons (Fsp3) is 0.600. The van der Waals surface area contributed by atoms with Gasteiger partial charge in [0.15, 0.2) is 0 Å². The summed E-state index contributed by atoms with van der Waals surface area (Å²) in [6.07, 6.45) is 5.74. The number of hydrogen-bond donors (Lipinski definition) is 0. The number of likely N-dealkylation sites (tertiary alicyclic amines) is 1. The maximum absolute atomic E-state index is 10.7. The highest BCUT2D eigenvalue weighted by molar-refractivity contribution is 5.49. The van der Waals surface area contributed by atoms with E-state index in [0.29, 0.717) is 17.2 Å². The van der Waals surface area contributed by atoms with Crippen molar-refractivity contribution >= 4 is 6.41 Å². The summed E-state index contributed by atoms with van der Waals surface area (Å²) < 4.78 is 5.19. The highest BCUT2D eigenvalue weighted by Crippen LogP contribution is 2.47. The van der Waals surface area contributed by atoms with E-state index in [-0.39, 0.29) is 0 Å². The molecule has 1 saturated carbocycles. The molecule has 2 heterocycles. The molecule has 4 heteroatoms. The van der Waals surface area contributed by atoms with Crippen molar-refractivity contribution in [2.24, 2.45) is 5.41 Å². The van der Waals surface area contributed by atoms with Crippen LogP contribution in [-0.4, -0.2) is 36.5 Å². The summed E-state index contributed by atoms with van der Waals surface area (Å²) in [6, 6.07) is 6.01. The van der Waals surface area contributed by atoms with Crippen LogP contribution in [0.4, 0.5) is 0 Å². The van der Waals surface area contributed by atoms with Gasteiger partial charge in [0, 0.05) is 36.2 Å². The maximum Gasteiger partial charge on any atom is 0.213 e. The molecular weight excluding hydrogens is 240 g/mol. The van der Waals surface area contributed by atoms with Crippen LogP contribution < -0.4 is 4.74 Å². The van der Waals surface area contributed by atoms with Crippen molar-refractivity contribution in [1.29, 1.82) is 0 Å². The lowest BCUT2D eigenvalue weighted by Crippen LogP contribution is -2.56. The quantitative estimate of drug-likeness (QED) is 0.782.